The molecule has 0 aliphatic carbocycles. The third-order valence-electron chi connectivity index (χ3n) is 6.27. The zero-order valence-electron chi connectivity index (χ0n) is 21.1. The number of amides is 1. The molecule has 0 aliphatic rings. The number of esters is 1. The smallest absolute Gasteiger partial charge is 0.343 e. The van der Waals surface area contributed by atoms with Crippen LogP contribution in [0.5, 0.6) is 11.5 Å². The average Bonchev–Trinajstić information content (AvgIpc) is 2.98. The highest BCUT2D eigenvalue weighted by atomic mass is 79.9. The second-order valence-corrected chi connectivity index (χ2v) is 9.59. The van der Waals surface area contributed by atoms with Crippen LogP contribution in [-0.2, 0) is 4.79 Å². The predicted molar refractivity (Wildman–Crippen MR) is 157 cm³/mol. The number of hydrazone groups is 1. The van der Waals surface area contributed by atoms with Gasteiger partial charge in [0.1, 0.15) is 11.5 Å². The number of halogens is 1. The Hall–Kier alpha value is -4.49. The van der Waals surface area contributed by atoms with Crippen molar-refractivity contribution in [2.24, 2.45) is 5.10 Å². The average molecular weight is 581 g/mol. The summed E-state index contributed by atoms with van der Waals surface area (Å²) in [6, 6.07) is 31.8. The van der Waals surface area contributed by atoms with Crippen LogP contribution in [0.1, 0.15) is 29.3 Å². The fourth-order valence-electron chi connectivity index (χ4n) is 4.24. The van der Waals surface area contributed by atoms with Crippen molar-refractivity contribution in [3.8, 4) is 11.5 Å². The molecule has 0 radical (unpaired) electrons. The minimum Gasteiger partial charge on any atom is -0.479 e. The van der Waals surface area contributed by atoms with Crippen molar-refractivity contribution < 1.29 is 19.1 Å². The molecule has 1 atom stereocenters. The number of benzene rings is 5. The number of hydrogen-bond acceptors (Lipinski definition) is 5. The summed E-state index contributed by atoms with van der Waals surface area (Å²) in [6.07, 6.45) is 1.17. The second-order valence-electron chi connectivity index (χ2n) is 8.80. The molecule has 0 heterocycles. The van der Waals surface area contributed by atoms with Gasteiger partial charge in [-0.2, -0.15) is 5.10 Å². The second kappa shape index (κ2) is 11.9. The van der Waals surface area contributed by atoms with E-state index < -0.39 is 18.0 Å². The van der Waals surface area contributed by atoms with E-state index in [0.29, 0.717) is 29.0 Å². The van der Waals surface area contributed by atoms with Crippen molar-refractivity contribution in [3.63, 3.8) is 0 Å². The van der Waals surface area contributed by atoms with Crippen LogP contribution in [0.2, 0.25) is 0 Å². The van der Waals surface area contributed by atoms with Crippen LogP contribution in [0.25, 0.3) is 21.5 Å². The molecule has 1 amide bonds. The van der Waals surface area contributed by atoms with Crippen LogP contribution >= 0.6 is 15.9 Å². The molecule has 0 spiro atoms. The van der Waals surface area contributed by atoms with Gasteiger partial charge in [0.15, 0.2) is 6.10 Å². The first-order valence-electron chi connectivity index (χ1n) is 12.5. The number of fused-ring (bicyclic) bond motifs is 2. The standard InChI is InChI=1S/C32H25BrN2O4/c1-2-27(38-29-19-17-22-11-7-9-15-25(22)30(29)33)31(36)35-34-20-26-24-14-8-6-10-21(24)16-18-28(26)39-32(37)23-12-4-3-5-13-23/h3-20,27H,2H2,1H3,(H,35,36)/b34-20-/t27-/m0/s1. The summed E-state index contributed by atoms with van der Waals surface area (Å²) in [6.45, 7) is 1.87. The number of nitrogens with one attached hydrogen (secondary N) is 1. The molecule has 1 N–H and O–H groups in total. The van der Waals surface area contributed by atoms with Gasteiger partial charge in [-0.05, 0) is 68.2 Å². The Kier molecular flexibility index (Phi) is 7.99. The van der Waals surface area contributed by atoms with E-state index in [1.54, 1.807) is 30.3 Å². The molecule has 0 saturated carbocycles. The van der Waals surface area contributed by atoms with Gasteiger partial charge in [0.25, 0.3) is 5.91 Å². The van der Waals surface area contributed by atoms with Crippen molar-refractivity contribution >= 4 is 55.6 Å². The number of hydrogen-bond donors (Lipinski definition) is 1. The molecule has 0 fully saturated rings. The van der Waals surface area contributed by atoms with Crippen LogP contribution in [0.3, 0.4) is 0 Å². The summed E-state index contributed by atoms with van der Waals surface area (Å²) in [4.78, 5) is 25.7. The van der Waals surface area contributed by atoms with Gasteiger partial charge >= 0.3 is 5.97 Å². The first-order chi connectivity index (χ1) is 19.0. The number of carbonyl (C=O) groups is 2. The quantitative estimate of drug-likeness (QED) is 0.0905. The topological polar surface area (TPSA) is 77.0 Å². The lowest BCUT2D eigenvalue weighted by Crippen LogP contribution is -2.35. The Morgan fingerprint density at radius 1 is 0.821 bits per heavy atom. The maximum absolute atomic E-state index is 13.0. The Morgan fingerprint density at radius 3 is 2.15 bits per heavy atom. The Bertz CT molecular complexity index is 1680. The lowest BCUT2D eigenvalue weighted by atomic mass is 10.0. The normalized spacial score (nSPS) is 11.9. The van der Waals surface area contributed by atoms with E-state index in [4.69, 9.17) is 9.47 Å². The minimum atomic E-state index is -0.762. The maximum atomic E-state index is 13.0. The first kappa shape index (κ1) is 26.1. The van der Waals surface area contributed by atoms with Gasteiger partial charge in [-0.25, -0.2) is 10.2 Å². The molecular weight excluding hydrogens is 556 g/mol. The molecule has 5 aromatic carbocycles. The van der Waals surface area contributed by atoms with Crippen LogP contribution in [0.15, 0.2) is 113 Å². The zero-order chi connectivity index (χ0) is 27.2. The SMILES string of the molecule is CC[C@H](Oc1ccc2ccccc2c1Br)C(=O)N/N=C\c1c(OC(=O)c2ccccc2)ccc2ccccc12. The molecule has 5 rings (SSSR count). The Labute approximate surface area is 234 Å². The van der Waals surface area contributed by atoms with Crippen LogP contribution in [0.4, 0.5) is 0 Å². The summed E-state index contributed by atoms with van der Waals surface area (Å²) in [7, 11) is 0. The molecule has 6 nitrogen and oxygen atoms in total. The summed E-state index contributed by atoms with van der Waals surface area (Å²) < 4.78 is 12.6. The monoisotopic (exact) mass is 580 g/mol. The zero-order valence-corrected chi connectivity index (χ0v) is 22.7. The maximum Gasteiger partial charge on any atom is 0.343 e. The van der Waals surface area contributed by atoms with Crippen LogP contribution in [0, 0.1) is 0 Å². The number of nitrogens with zero attached hydrogens (tertiary/aromatic N) is 1. The van der Waals surface area contributed by atoms with Gasteiger partial charge in [0.2, 0.25) is 0 Å². The number of ether oxygens (including phenoxy) is 2. The van der Waals surface area contributed by atoms with E-state index in [1.807, 2.05) is 79.7 Å². The highest BCUT2D eigenvalue weighted by Crippen LogP contribution is 2.34. The molecule has 0 aliphatic heterocycles. The van der Waals surface area contributed by atoms with Crippen molar-refractivity contribution in [2.75, 3.05) is 0 Å². The van der Waals surface area contributed by atoms with Gasteiger partial charge in [0.05, 0.1) is 16.3 Å². The predicted octanol–water partition coefficient (Wildman–Crippen LogP) is 7.28. The van der Waals surface area contributed by atoms with Crippen LogP contribution < -0.4 is 14.9 Å². The van der Waals surface area contributed by atoms with E-state index in [0.717, 1.165) is 26.0 Å². The lowest BCUT2D eigenvalue weighted by molar-refractivity contribution is -0.128. The summed E-state index contributed by atoms with van der Waals surface area (Å²) >= 11 is 3.61. The van der Waals surface area contributed by atoms with E-state index in [2.05, 4.69) is 26.5 Å². The Balaban J connectivity index is 1.36. The summed E-state index contributed by atoms with van der Waals surface area (Å²) in [5.41, 5.74) is 3.59. The molecule has 0 aromatic heterocycles. The van der Waals surface area contributed by atoms with Crippen molar-refractivity contribution in [3.05, 3.63) is 119 Å². The van der Waals surface area contributed by atoms with Gasteiger partial charge in [-0.3, -0.25) is 4.79 Å². The van der Waals surface area contributed by atoms with Crippen molar-refractivity contribution in [1.29, 1.82) is 0 Å². The van der Waals surface area contributed by atoms with E-state index >= 15 is 0 Å². The molecule has 7 heteroatoms. The molecule has 0 bridgehead atoms. The highest BCUT2D eigenvalue weighted by molar-refractivity contribution is 9.10. The van der Waals surface area contributed by atoms with Crippen LogP contribution in [-0.4, -0.2) is 24.2 Å². The molecule has 194 valence electrons. The summed E-state index contributed by atoms with van der Waals surface area (Å²) in [5, 5.41) is 8.05. The minimum absolute atomic E-state index is 0.337. The fourth-order valence-corrected chi connectivity index (χ4v) is 4.83. The number of carbonyl (C=O) groups excluding carboxylic acids is 2. The number of rotatable bonds is 8. The third-order valence-corrected chi connectivity index (χ3v) is 7.09. The molecule has 0 saturated heterocycles. The van der Waals surface area contributed by atoms with E-state index in [9.17, 15) is 9.59 Å². The van der Waals surface area contributed by atoms with E-state index in [-0.39, 0.29) is 0 Å². The largest absolute Gasteiger partial charge is 0.479 e. The molecule has 39 heavy (non-hydrogen) atoms. The van der Waals surface area contributed by atoms with Gasteiger partial charge < -0.3 is 9.47 Å². The molecule has 0 unspecified atom stereocenters. The Morgan fingerprint density at radius 2 is 1.44 bits per heavy atom. The third kappa shape index (κ3) is 5.84. The van der Waals surface area contributed by atoms with E-state index in [1.165, 1.54) is 6.21 Å². The highest BCUT2D eigenvalue weighted by Gasteiger charge is 2.20. The molecule has 5 aromatic rings. The van der Waals surface area contributed by atoms with Gasteiger partial charge in [-0.15, -0.1) is 0 Å². The fraction of sp³-hybridized carbons (Fsp3) is 0.0938. The van der Waals surface area contributed by atoms with Crippen molar-refractivity contribution in [2.45, 2.75) is 19.4 Å². The lowest BCUT2D eigenvalue weighted by Gasteiger charge is -2.17. The first-order valence-corrected chi connectivity index (χ1v) is 13.3. The summed E-state index contributed by atoms with van der Waals surface area (Å²) in [5.74, 6) is 0.0367. The molecular formula is C32H25BrN2O4. The van der Waals surface area contributed by atoms with Gasteiger partial charge in [0, 0.05) is 5.56 Å². The van der Waals surface area contributed by atoms with Crippen molar-refractivity contribution in [1.82, 2.24) is 5.43 Å². The van der Waals surface area contributed by atoms with Gasteiger partial charge in [-0.1, -0.05) is 85.8 Å².